The number of aryl methyl sites for hydroxylation is 1. The molecule has 0 atom stereocenters. The molecule has 0 bridgehead atoms. The summed E-state index contributed by atoms with van der Waals surface area (Å²) in [5.41, 5.74) is 2.45. The number of hydrogen-bond donors (Lipinski definition) is 2. The molecular formula is C17H13Cl2N3OS. The zero-order valence-electron chi connectivity index (χ0n) is 12.6. The van der Waals surface area contributed by atoms with Gasteiger partial charge in [-0.05, 0) is 43.3 Å². The molecule has 0 fully saturated rings. The van der Waals surface area contributed by atoms with E-state index in [1.54, 1.807) is 24.3 Å². The Bertz CT molecular complexity index is 861. The topological polar surface area (TPSA) is 54.0 Å². The molecule has 0 unspecified atom stereocenters. The van der Waals surface area contributed by atoms with Crippen LogP contribution in [0.3, 0.4) is 0 Å². The van der Waals surface area contributed by atoms with Gasteiger partial charge in [0.05, 0.1) is 5.69 Å². The first-order chi connectivity index (χ1) is 11.5. The van der Waals surface area contributed by atoms with Gasteiger partial charge < -0.3 is 5.32 Å². The fraction of sp³-hybridized carbons (Fsp3) is 0.0588. The first-order valence-electron chi connectivity index (χ1n) is 7.08. The minimum absolute atomic E-state index is 0.353. The Hall–Kier alpha value is -2.08. The summed E-state index contributed by atoms with van der Waals surface area (Å²) in [6.07, 6.45) is 0. The highest BCUT2D eigenvalue weighted by molar-refractivity contribution is 7.16. The van der Waals surface area contributed by atoms with Crippen molar-refractivity contribution in [2.75, 3.05) is 10.6 Å². The van der Waals surface area contributed by atoms with Crippen molar-refractivity contribution in [2.45, 2.75) is 6.92 Å². The third-order valence-corrected chi connectivity index (χ3v) is 4.63. The fourth-order valence-corrected chi connectivity index (χ4v) is 3.20. The molecule has 24 heavy (non-hydrogen) atoms. The van der Waals surface area contributed by atoms with E-state index in [4.69, 9.17) is 23.2 Å². The number of hydrogen-bond acceptors (Lipinski definition) is 3. The van der Waals surface area contributed by atoms with Gasteiger partial charge in [-0.2, -0.15) is 0 Å². The highest BCUT2D eigenvalue weighted by atomic mass is 35.5. The van der Waals surface area contributed by atoms with Crippen molar-refractivity contribution < 1.29 is 4.79 Å². The van der Waals surface area contributed by atoms with E-state index < -0.39 is 0 Å². The van der Waals surface area contributed by atoms with Gasteiger partial charge in [0.1, 0.15) is 0 Å². The molecule has 2 amide bonds. The molecule has 7 heteroatoms. The summed E-state index contributed by atoms with van der Waals surface area (Å²) in [6, 6.07) is 14.0. The second-order valence-corrected chi connectivity index (χ2v) is 7.09. The lowest BCUT2D eigenvalue weighted by Crippen LogP contribution is -2.19. The number of halogens is 2. The van der Waals surface area contributed by atoms with Gasteiger partial charge >= 0.3 is 6.03 Å². The average molecular weight is 378 g/mol. The van der Waals surface area contributed by atoms with E-state index in [0.29, 0.717) is 20.9 Å². The fourth-order valence-electron chi connectivity index (χ4n) is 2.12. The number of aromatic nitrogens is 1. The Morgan fingerprint density at radius 1 is 0.958 bits per heavy atom. The normalized spacial score (nSPS) is 10.5. The molecule has 0 spiro atoms. The van der Waals surface area contributed by atoms with Crippen LogP contribution in [0.1, 0.15) is 4.88 Å². The third-order valence-electron chi connectivity index (χ3n) is 3.24. The number of anilines is 2. The van der Waals surface area contributed by atoms with E-state index in [0.717, 1.165) is 16.1 Å². The maximum absolute atomic E-state index is 12.1. The molecule has 0 aliphatic heterocycles. The van der Waals surface area contributed by atoms with E-state index in [1.807, 2.05) is 31.2 Å². The molecule has 4 nitrogen and oxygen atoms in total. The van der Waals surface area contributed by atoms with Gasteiger partial charge in [-0.25, -0.2) is 9.78 Å². The standard InChI is InChI=1S/C17H13Cl2N3OS/c1-10-15(11-2-4-12(18)5-3-11)21-17(24-10)22-16(23)20-14-8-6-13(19)7-9-14/h2-9H,1H3,(H2,20,21,22,23). The molecule has 0 saturated carbocycles. The van der Waals surface area contributed by atoms with E-state index in [9.17, 15) is 4.79 Å². The van der Waals surface area contributed by atoms with Gasteiger partial charge in [0.2, 0.25) is 0 Å². The summed E-state index contributed by atoms with van der Waals surface area (Å²) in [5.74, 6) is 0. The zero-order valence-corrected chi connectivity index (χ0v) is 15.0. The smallest absolute Gasteiger partial charge is 0.308 e. The Labute approximate surface area is 153 Å². The number of urea groups is 1. The molecule has 0 aliphatic carbocycles. The number of rotatable bonds is 3. The van der Waals surface area contributed by atoms with Gasteiger partial charge in [0.15, 0.2) is 5.13 Å². The highest BCUT2D eigenvalue weighted by Crippen LogP contribution is 2.31. The molecule has 3 rings (SSSR count). The molecule has 0 aliphatic rings. The SMILES string of the molecule is Cc1sc(NC(=O)Nc2ccc(Cl)cc2)nc1-c1ccc(Cl)cc1. The van der Waals surface area contributed by atoms with E-state index in [-0.39, 0.29) is 6.03 Å². The number of carbonyl (C=O) groups excluding carboxylic acids is 1. The van der Waals surface area contributed by atoms with Crippen molar-refractivity contribution in [3.63, 3.8) is 0 Å². The van der Waals surface area contributed by atoms with Crippen molar-refractivity contribution >= 4 is 51.4 Å². The van der Waals surface area contributed by atoms with Crippen LogP contribution >= 0.6 is 34.5 Å². The average Bonchev–Trinajstić information content (AvgIpc) is 2.90. The number of thiazole rings is 1. The third kappa shape index (κ3) is 4.06. The number of amides is 2. The quantitative estimate of drug-likeness (QED) is 0.581. The van der Waals surface area contributed by atoms with Crippen molar-refractivity contribution in [2.24, 2.45) is 0 Å². The molecule has 2 aromatic carbocycles. The lowest BCUT2D eigenvalue weighted by atomic mass is 10.1. The molecule has 2 N–H and O–H groups in total. The van der Waals surface area contributed by atoms with E-state index in [1.165, 1.54) is 11.3 Å². The molecule has 1 heterocycles. The summed E-state index contributed by atoms with van der Waals surface area (Å²) in [6.45, 7) is 1.96. The lowest BCUT2D eigenvalue weighted by Gasteiger charge is -2.05. The summed E-state index contributed by atoms with van der Waals surface area (Å²) in [4.78, 5) is 17.6. The largest absolute Gasteiger partial charge is 0.325 e. The molecule has 1 aromatic heterocycles. The second-order valence-electron chi connectivity index (χ2n) is 5.02. The lowest BCUT2D eigenvalue weighted by molar-refractivity contribution is 0.262. The number of nitrogens with zero attached hydrogens (tertiary/aromatic N) is 1. The van der Waals surface area contributed by atoms with Gasteiger partial charge in [-0.1, -0.05) is 35.3 Å². The maximum Gasteiger partial charge on any atom is 0.325 e. The van der Waals surface area contributed by atoms with E-state index >= 15 is 0 Å². The molecule has 122 valence electrons. The number of nitrogens with one attached hydrogen (secondary N) is 2. The molecule has 3 aromatic rings. The van der Waals surface area contributed by atoms with Crippen LogP contribution in [0.2, 0.25) is 10.0 Å². The van der Waals surface area contributed by atoms with Gasteiger partial charge in [-0.15, -0.1) is 11.3 Å². The Kier molecular flexibility index (Phi) is 5.04. The minimum atomic E-state index is -0.353. The molecule has 0 saturated heterocycles. The van der Waals surface area contributed by atoms with Crippen LogP contribution in [0.5, 0.6) is 0 Å². The number of benzene rings is 2. The molecule has 0 radical (unpaired) electrons. The zero-order chi connectivity index (χ0) is 17.1. The first-order valence-corrected chi connectivity index (χ1v) is 8.65. The summed E-state index contributed by atoms with van der Waals surface area (Å²) in [5, 5.41) is 7.30. The maximum atomic E-state index is 12.1. The van der Waals surface area contributed by atoms with Gasteiger partial charge in [0, 0.05) is 26.2 Å². The second kappa shape index (κ2) is 7.21. The van der Waals surface area contributed by atoms with E-state index in [2.05, 4.69) is 15.6 Å². The predicted octanol–water partition coefficient (Wildman–Crippen LogP) is 6.07. The monoisotopic (exact) mass is 377 g/mol. The van der Waals surface area contributed by atoms with Crippen LogP contribution in [0.25, 0.3) is 11.3 Å². The van der Waals surface area contributed by atoms with Crippen LogP contribution in [0.15, 0.2) is 48.5 Å². The highest BCUT2D eigenvalue weighted by Gasteiger charge is 2.12. The van der Waals surface area contributed by atoms with Crippen LogP contribution in [0.4, 0.5) is 15.6 Å². The Morgan fingerprint density at radius 3 is 2.17 bits per heavy atom. The van der Waals surface area contributed by atoms with Crippen LogP contribution in [-0.2, 0) is 0 Å². The Morgan fingerprint density at radius 2 is 1.54 bits per heavy atom. The predicted molar refractivity (Wildman–Crippen MR) is 101 cm³/mol. The molecular weight excluding hydrogens is 365 g/mol. The summed E-state index contributed by atoms with van der Waals surface area (Å²) < 4.78 is 0. The summed E-state index contributed by atoms with van der Waals surface area (Å²) in [7, 11) is 0. The van der Waals surface area contributed by atoms with Crippen molar-refractivity contribution in [3.05, 3.63) is 63.5 Å². The number of carbonyl (C=O) groups is 1. The Balaban J connectivity index is 1.71. The minimum Gasteiger partial charge on any atom is -0.308 e. The van der Waals surface area contributed by atoms with Crippen molar-refractivity contribution in [3.8, 4) is 11.3 Å². The first kappa shape index (κ1) is 16.8. The van der Waals surface area contributed by atoms with Crippen LogP contribution < -0.4 is 10.6 Å². The van der Waals surface area contributed by atoms with Crippen LogP contribution in [-0.4, -0.2) is 11.0 Å². The van der Waals surface area contributed by atoms with Crippen molar-refractivity contribution in [1.29, 1.82) is 0 Å². The van der Waals surface area contributed by atoms with Gasteiger partial charge in [0.25, 0.3) is 0 Å². The van der Waals surface area contributed by atoms with Crippen molar-refractivity contribution in [1.82, 2.24) is 4.98 Å². The van der Waals surface area contributed by atoms with Crippen LogP contribution in [0, 0.1) is 6.92 Å². The van der Waals surface area contributed by atoms with Gasteiger partial charge in [-0.3, -0.25) is 5.32 Å². The summed E-state index contributed by atoms with van der Waals surface area (Å²) >= 11 is 13.1.